The Hall–Kier alpha value is -2.72. The van der Waals surface area contributed by atoms with Crippen molar-refractivity contribution < 1.29 is 8.42 Å². The van der Waals surface area contributed by atoms with Crippen LogP contribution in [0.25, 0.3) is 11.2 Å². The molecule has 0 aliphatic rings. The summed E-state index contributed by atoms with van der Waals surface area (Å²) < 4.78 is 24.8. The zero-order valence-corrected chi connectivity index (χ0v) is 11.6. The number of fused-ring (bicyclic) bond motifs is 1. The van der Waals surface area contributed by atoms with E-state index in [9.17, 15) is 8.42 Å². The Labute approximate surface area is 121 Å². The Morgan fingerprint density at radius 2 is 2.00 bits per heavy atom. The minimum atomic E-state index is -3.67. The highest BCUT2D eigenvalue weighted by Crippen LogP contribution is 2.18. The Bertz CT molecular complexity index is 921. The number of imidazole rings is 1. The van der Waals surface area contributed by atoms with Crippen molar-refractivity contribution in [3.63, 3.8) is 0 Å². The van der Waals surface area contributed by atoms with Gasteiger partial charge in [0, 0.05) is 6.20 Å². The lowest BCUT2D eigenvalue weighted by Gasteiger charge is -2.03. The van der Waals surface area contributed by atoms with Crippen LogP contribution in [0.5, 0.6) is 0 Å². The molecule has 0 amide bonds. The van der Waals surface area contributed by atoms with Crippen LogP contribution in [0.1, 0.15) is 11.1 Å². The highest BCUT2D eigenvalue weighted by molar-refractivity contribution is 7.90. The molecule has 0 saturated heterocycles. The number of nitrogens with one attached hydrogen (secondary N) is 1. The van der Waals surface area contributed by atoms with Crippen LogP contribution in [0.15, 0.2) is 47.8 Å². The number of H-pyrrole nitrogens is 1. The normalized spacial score (nSPS) is 11.4. The molecule has 2 heterocycles. The van der Waals surface area contributed by atoms with Crippen LogP contribution in [0.4, 0.5) is 0 Å². The Morgan fingerprint density at radius 1 is 1.19 bits per heavy atom. The largest absolute Gasteiger partial charge is 0.327 e. The molecule has 0 fully saturated rings. The number of aromatic nitrogens is 3. The Morgan fingerprint density at radius 3 is 2.76 bits per heavy atom. The van der Waals surface area contributed by atoms with Gasteiger partial charge < -0.3 is 4.98 Å². The summed E-state index contributed by atoms with van der Waals surface area (Å²) in [5, 5.41) is 8.89. The third-order valence-electron chi connectivity index (χ3n) is 3.01. The summed E-state index contributed by atoms with van der Waals surface area (Å²) in [6, 6.07) is 12.0. The maximum absolute atomic E-state index is 12.4. The minimum absolute atomic E-state index is 0.135. The van der Waals surface area contributed by atoms with Crippen LogP contribution in [-0.4, -0.2) is 23.4 Å². The molecule has 21 heavy (non-hydrogen) atoms. The molecule has 0 saturated carbocycles. The summed E-state index contributed by atoms with van der Waals surface area (Å²) in [6.45, 7) is 0. The van der Waals surface area contributed by atoms with Crippen molar-refractivity contribution in [1.29, 1.82) is 5.26 Å². The predicted octanol–water partition coefficient (Wildman–Crippen LogP) is 1.80. The Kier molecular flexibility index (Phi) is 3.16. The maximum Gasteiger partial charge on any atom is 0.227 e. The van der Waals surface area contributed by atoms with Crippen LogP contribution >= 0.6 is 0 Å². The van der Waals surface area contributed by atoms with Gasteiger partial charge in [0.15, 0.2) is 5.65 Å². The van der Waals surface area contributed by atoms with E-state index in [0.717, 1.165) is 0 Å². The third kappa shape index (κ3) is 2.49. The van der Waals surface area contributed by atoms with Gasteiger partial charge in [-0.1, -0.05) is 18.2 Å². The van der Waals surface area contributed by atoms with Gasteiger partial charge >= 0.3 is 0 Å². The van der Waals surface area contributed by atoms with E-state index in [4.69, 9.17) is 5.26 Å². The van der Waals surface area contributed by atoms with Crippen molar-refractivity contribution in [1.82, 2.24) is 15.0 Å². The molecular formula is C14H10N4O2S. The number of nitriles is 1. The first-order valence-electron chi connectivity index (χ1n) is 6.12. The number of rotatable bonds is 3. The molecule has 7 heteroatoms. The summed E-state index contributed by atoms with van der Waals surface area (Å²) in [5.41, 5.74) is 1.71. The monoisotopic (exact) mass is 298 g/mol. The van der Waals surface area contributed by atoms with Gasteiger partial charge in [-0.15, -0.1) is 0 Å². The fraction of sp³-hybridized carbons (Fsp3) is 0.0714. The smallest absolute Gasteiger partial charge is 0.227 e. The second kappa shape index (κ2) is 5.00. The van der Waals surface area contributed by atoms with Crippen molar-refractivity contribution >= 4 is 21.0 Å². The van der Waals surface area contributed by atoms with Gasteiger partial charge in [0.05, 0.1) is 22.9 Å². The topological polar surface area (TPSA) is 99.5 Å². The minimum Gasteiger partial charge on any atom is -0.327 e. The molecule has 104 valence electrons. The molecule has 0 spiro atoms. The van der Waals surface area contributed by atoms with Crippen molar-refractivity contribution in [3.05, 3.63) is 53.7 Å². The molecule has 0 unspecified atom stereocenters. The van der Waals surface area contributed by atoms with Gasteiger partial charge in [0.1, 0.15) is 0 Å². The molecule has 0 bridgehead atoms. The van der Waals surface area contributed by atoms with E-state index < -0.39 is 9.84 Å². The number of aromatic amines is 1. The molecule has 3 aromatic rings. The number of pyridine rings is 1. The molecule has 0 radical (unpaired) electrons. The third-order valence-corrected chi connectivity index (χ3v) is 4.49. The summed E-state index contributed by atoms with van der Waals surface area (Å²) in [6.07, 6.45) is 1.55. The molecule has 1 aromatic carbocycles. The molecule has 1 N–H and O–H groups in total. The van der Waals surface area contributed by atoms with Gasteiger partial charge in [-0.2, -0.15) is 10.2 Å². The number of nitrogens with zero attached hydrogens (tertiary/aromatic N) is 3. The fourth-order valence-electron chi connectivity index (χ4n) is 2.00. The van der Waals surface area contributed by atoms with E-state index in [1.165, 1.54) is 0 Å². The molecule has 0 atom stereocenters. The second-order valence-electron chi connectivity index (χ2n) is 4.44. The number of sulfone groups is 1. The number of benzene rings is 1. The van der Waals surface area contributed by atoms with E-state index in [-0.39, 0.29) is 10.9 Å². The van der Waals surface area contributed by atoms with E-state index >= 15 is 0 Å². The van der Waals surface area contributed by atoms with Gasteiger partial charge in [-0.25, -0.2) is 13.4 Å². The summed E-state index contributed by atoms with van der Waals surface area (Å²) in [7, 11) is -3.67. The molecular weight excluding hydrogens is 288 g/mol. The summed E-state index contributed by atoms with van der Waals surface area (Å²) in [5.74, 6) is -0.281. The van der Waals surface area contributed by atoms with Gasteiger partial charge in [0.2, 0.25) is 15.0 Å². The van der Waals surface area contributed by atoms with Crippen LogP contribution < -0.4 is 0 Å². The predicted molar refractivity (Wildman–Crippen MR) is 75.9 cm³/mol. The zero-order valence-electron chi connectivity index (χ0n) is 10.8. The van der Waals surface area contributed by atoms with E-state index in [2.05, 4.69) is 15.0 Å². The van der Waals surface area contributed by atoms with Crippen LogP contribution in [0.2, 0.25) is 0 Å². The first-order chi connectivity index (χ1) is 10.1. The maximum atomic E-state index is 12.4. The Balaban J connectivity index is 2.03. The quantitative estimate of drug-likeness (QED) is 0.794. The van der Waals surface area contributed by atoms with Crippen LogP contribution in [0, 0.1) is 11.3 Å². The zero-order chi connectivity index (χ0) is 14.9. The van der Waals surface area contributed by atoms with Crippen molar-refractivity contribution in [2.45, 2.75) is 10.9 Å². The van der Waals surface area contributed by atoms with Crippen LogP contribution in [0.3, 0.4) is 0 Å². The van der Waals surface area contributed by atoms with Crippen molar-refractivity contribution in [3.8, 4) is 6.07 Å². The van der Waals surface area contributed by atoms with E-state index in [0.29, 0.717) is 22.3 Å². The number of hydrogen-bond donors (Lipinski definition) is 1. The van der Waals surface area contributed by atoms with E-state index in [1.54, 1.807) is 42.6 Å². The fourth-order valence-corrected chi connectivity index (χ4v) is 3.29. The van der Waals surface area contributed by atoms with Crippen LogP contribution in [-0.2, 0) is 15.6 Å². The summed E-state index contributed by atoms with van der Waals surface area (Å²) in [4.78, 5) is 10.7. The van der Waals surface area contributed by atoms with Crippen molar-refractivity contribution in [2.75, 3.05) is 0 Å². The van der Waals surface area contributed by atoms with Gasteiger partial charge in [-0.05, 0) is 23.8 Å². The second-order valence-corrected chi connectivity index (χ2v) is 6.35. The summed E-state index contributed by atoms with van der Waals surface area (Å²) >= 11 is 0. The lowest BCUT2D eigenvalue weighted by molar-refractivity contribution is 0.588. The molecule has 0 aliphatic carbocycles. The lowest BCUT2D eigenvalue weighted by atomic mass is 10.1. The number of hydrogen-bond acceptors (Lipinski definition) is 5. The molecule has 2 aromatic heterocycles. The highest BCUT2D eigenvalue weighted by atomic mass is 32.2. The first kappa shape index (κ1) is 13.3. The average Bonchev–Trinajstić information content (AvgIpc) is 2.92. The van der Waals surface area contributed by atoms with E-state index in [1.807, 2.05) is 6.07 Å². The lowest BCUT2D eigenvalue weighted by Crippen LogP contribution is -2.08. The molecule has 6 nitrogen and oxygen atoms in total. The molecule has 0 aliphatic heterocycles. The molecule has 3 rings (SSSR count). The standard InChI is InChI=1S/C14H10N4O2S/c15-8-10-4-1-2-5-11(10)9-21(19,20)14-17-12-6-3-7-16-13(12)18-14/h1-7H,9H2,(H,16,17,18). The SMILES string of the molecule is N#Cc1ccccc1CS(=O)(=O)c1nc2ncccc2[nH]1. The first-order valence-corrected chi connectivity index (χ1v) is 7.77. The average molecular weight is 298 g/mol. The van der Waals surface area contributed by atoms with Gasteiger partial charge in [-0.3, -0.25) is 0 Å². The van der Waals surface area contributed by atoms with Gasteiger partial charge in [0.25, 0.3) is 0 Å². The van der Waals surface area contributed by atoms with Crippen molar-refractivity contribution in [2.24, 2.45) is 0 Å². The highest BCUT2D eigenvalue weighted by Gasteiger charge is 2.21.